The molecule has 1 saturated heterocycles. The molecule has 34 heavy (non-hydrogen) atoms. The molecule has 1 fully saturated rings. The molecule has 0 amide bonds. The van der Waals surface area contributed by atoms with Gasteiger partial charge in [-0.25, -0.2) is 4.98 Å². The first-order valence-electron chi connectivity index (χ1n) is 11.5. The summed E-state index contributed by atoms with van der Waals surface area (Å²) in [6.07, 6.45) is 1.97. The third kappa shape index (κ3) is 6.33. The van der Waals surface area contributed by atoms with Crippen molar-refractivity contribution < 1.29 is 9.84 Å². The molecule has 3 N–H and O–H groups in total. The van der Waals surface area contributed by atoms with Gasteiger partial charge >= 0.3 is 0 Å². The minimum Gasteiger partial charge on any atom is -0.502 e. The highest BCUT2D eigenvalue weighted by molar-refractivity contribution is 5.44. The topological polar surface area (TPSA) is 90.5 Å². The summed E-state index contributed by atoms with van der Waals surface area (Å²) >= 11 is 0. The maximum absolute atomic E-state index is 11.8. The summed E-state index contributed by atoms with van der Waals surface area (Å²) in [5.41, 5.74) is 4.17. The van der Waals surface area contributed by atoms with Crippen molar-refractivity contribution in [3.8, 4) is 17.6 Å². The van der Waals surface area contributed by atoms with Gasteiger partial charge in [-0.15, -0.1) is 0 Å². The van der Waals surface area contributed by atoms with Crippen molar-refractivity contribution in [2.24, 2.45) is 0 Å². The lowest BCUT2D eigenvalue weighted by molar-refractivity contribution is 0.0342. The minimum absolute atomic E-state index is 0.125. The van der Waals surface area contributed by atoms with Gasteiger partial charge in [0.05, 0.1) is 25.2 Å². The van der Waals surface area contributed by atoms with E-state index in [-0.39, 0.29) is 11.7 Å². The van der Waals surface area contributed by atoms with Crippen molar-refractivity contribution in [1.29, 1.82) is 0 Å². The molecule has 3 aromatic rings. The van der Waals surface area contributed by atoms with E-state index in [4.69, 9.17) is 4.74 Å². The smallest absolute Gasteiger partial charge is 0.293 e. The number of morpholine rings is 1. The standard InChI is InChI=1S/C27H30N4O3/c1-28-17-24(25-26(32)27(33)30-19-29-25)16-22-8-4-20(5-9-22)2-3-21-6-10-23(11-7-21)18-31-12-14-34-15-13-31/h4-11,19,24,28,32H,12-18H2,1H3,(H,29,30,33). The Morgan fingerprint density at radius 1 is 1.06 bits per heavy atom. The van der Waals surface area contributed by atoms with Crippen LogP contribution in [0.3, 0.4) is 0 Å². The number of nitrogens with one attached hydrogen (secondary N) is 2. The fourth-order valence-electron chi connectivity index (χ4n) is 4.08. The van der Waals surface area contributed by atoms with Crippen molar-refractivity contribution in [2.75, 3.05) is 39.9 Å². The van der Waals surface area contributed by atoms with Gasteiger partial charge in [-0.2, -0.15) is 0 Å². The molecule has 0 bridgehead atoms. The van der Waals surface area contributed by atoms with Crippen molar-refractivity contribution in [3.05, 3.63) is 93.2 Å². The fourth-order valence-corrected chi connectivity index (χ4v) is 4.08. The Morgan fingerprint density at radius 2 is 1.68 bits per heavy atom. The average Bonchev–Trinajstić information content (AvgIpc) is 2.86. The maximum atomic E-state index is 11.8. The highest BCUT2D eigenvalue weighted by Crippen LogP contribution is 2.23. The average molecular weight is 459 g/mol. The summed E-state index contributed by atoms with van der Waals surface area (Å²) in [7, 11) is 1.84. The number of likely N-dealkylation sites (N-methyl/N-ethyl adjacent to an activating group) is 1. The molecule has 2 heterocycles. The largest absolute Gasteiger partial charge is 0.502 e. The summed E-state index contributed by atoms with van der Waals surface area (Å²) in [5, 5.41) is 13.3. The van der Waals surface area contributed by atoms with E-state index in [1.165, 1.54) is 11.9 Å². The van der Waals surface area contributed by atoms with E-state index in [9.17, 15) is 9.90 Å². The number of aromatic nitrogens is 2. The lowest BCUT2D eigenvalue weighted by atomic mass is 9.94. The Morgan fingerprint density at radius 3 is 2.29 bits per heavy atom. The van der Waals surface area contributed by atoms with Crippen LogP contribution in [-0.4, -0.2) is 59.9 Å². The van der Waals surface area contributed by atoms with Crippen molar-refractivity contribution in [3.63, 3.8) is 0 Å². The number of hydrogen-bond acceptors (Lipinski definition) is 6. The third-order valence-electron chi connectivity index (χ3n) is 5.95. The molecular formula is C27H30N4O3. The minimum atomic E-state index is -0.522. The summed E-state index contributed by atoms with van der Waals surface area (Å²) in [5.74, 6) is 6.02. The first-order valence-corrected chi connectivity index (χ1v) is 11.5. The van der Waals surface area contributed by atoms with E-state index in [1.54, 1.807) is 0 Å². The Kier molecular flexibility index (Phi) is 8.10. The van der Waals surface area contributed by atoms with E-state index in [2.05, 4.69) is 56.3 Å². The van der Waals surface area contributed by atoms with Crippen LogP contribution in [-0.2, 0) is 17.7 Å². The molecule has 1 atom stereocenters. The second kappa shape index (κ2) is 11.6. The SMILES string of the molecule is CNCC(Cc1ccc(C#Cc2ccc(CN3CCOCC3)cc2)cc1)c1nc[nH]c(=O)c1O. The predicted octanol–water partition coefficient (Wildman–Crippen LogP) is 2.25. The third-order valence-corrected chi connectivity index (χ3v) is 5.95. The summed E-state index contributed by atoms with van der Waals surface area (Å²) in [4.78, 5) is 20.8. The van der Waals surface area contributed by atoms with Crippen LogP contribution in [0.25, 0.3) is 0 Å². The number of nitrogens with zero attached hydrogens (tertiary/aromatic N) is 2. The molecule has 1 unspecified atom stereocenters. The van der Waals surface area contributed by atoms with E-state index in [0.717, 1.165) is 49.5 Å². The van der Waals surface area contributed by atoms with E-state index in [1.807, 2.05) is 31.3 Å². The van der Waals surface area contributed by atoms with Gasteiger partial charge in [0.25, 0.3) is 5.56 Å². The number of H-pyrrole nitrogens is 1. The Labute approximate surface area is 199 Å². The van der Waals surface area contributed by atoms with Gasteiger partial charge in [0, 0.05) is 43.2 Å². The molecule has 2 aromatic carbocycles. The molecule has 0 spiro atoms. The van der Waals surface area contributed by atoms with Crippen molar-refractivity contribution in [1.82, 2.24) is 20.2 Å². The van der Waals surface area contributed by atoms with Crippen LogP contribution in [0.1, 0.15) is 33.9 Å². The molecule has 1 aliphatic rings. The lowest BCUT2D eigenvalue weighted by Crippen LogP contribution is -2.35. The Balaban J connectivity index is 1.39. The molecule has 0 radical (unpaired) electrons. The number of rotatable bonds is 7. The predicted molar refractivity (Wildman–Crippen MR) is 132 cm³/mol. The molecule has 1 aromatic heterocycles. The molecule has 0 aliphatic carbocycles. The van der Waals surface area contributed by atoms with Crippen molar-refractivity contribution in [2.45, 2.75) is 18.9 Å². The molecule has 7 nitrogen and oxygen atoms in total. The number of ether oxygens (including phenoxy) is 1. The first-order chi connectivity index (χ1) is 16.6. The molecule has 176 valence electrons. The van der Waals surface area contributed by atoms with Crippen LogP contribution < -0.4 is 10.9 Å². The number of benzene rings is 2. The van der Waals surface area contributed by atoms with Crippen LogP contribution in [0.4, 0.5) is 0 Å². The van der Waals surface area contributed by atoms with Crippen LogP contribution >= 0.6 is 0 Å². The summed E-state index contributed by atoms with van der Waals surface area (Å²) in [6.45, 7) is 5.11. The summed E-state index contributed by atoms with van der Waals surface area (Å²) < 4.78 is 5.41. The quantitative estimate of drug-likeness (QED) is 0.471. The highest BCUT2D eigenvalue weighted by Gasteiger charge is 2.19. The number of aromatic hydroxyl groups is 1. The highest BCUT2D eigenvalue weighted by atomic mass is 16.5. The molecule has 4 rings (SSSR count). The Hall–Kier alpha value is -3.44. The lowest BCUT2D eigenvalue weighted by Gasteiger charge is -2.26. The van der Waals surface area contributed by atoms with Gasteiger partial charge in [-0.1, -0.05) is 36.1 Å². The molecule has 7 heteroatoms. The van der Waals surface area contributed by atoms with Gasteiger partial charge in [0.1, 0.15) is 0 Å². The van der Waals surface area contributed by atoms with Gasteiger partial charge < -0.3 is 20.1 Å². The molecular weight excluding hydrogens is 428 g/mol. The first kappa shape index (κ1) is 23.7. The maximum Gasteiger partial charge on any atom is 0.293 e. The van der Waals surface area contributed by atoms with E-state index >= 15 is 0 Å². The van der Waals surface area contributed by atoms with Crippen LogP contribution in [0.5, 0.6) is 5.75 Å². The fraction of sp³-hybridized carbons (Fsp3) is 0.333. The van der Waals surface area contributed by atoms with Gasteiger partial charge in [0.2, 0.25) is 5.75 Å². The summed E-state index contributed by atoms with van der Waals surface area (Å²) in [6, 6.07) is 16.5. The second-order valence-corrected chi connectivity index (χ2v) is 8.46. The van der Waals surface area contributed by atoms with Gasteiger partial charge in [-0.3, -0.25) is 9.69 Å². The second-order valence-electron chi connectivity index (χ2n) is 8.46. The van der Waals surface area contributed by atoms with Crippen LogP contribution in [0.15, 0.2) is 59.7 Å². The Bertz CT molecular complexity index is 1190. The normalized spacial score (nSPS) is 14.9. The molecule has 0 saturated carbocycles. The number of aromatic amines is 1. The van der Waals surface area contributed by atoms with Gasteiger partial charge in [0.15, 0.2) is 0 Å². The zero-order valence-corrected chi connectivity index (χ0v) is 19.4. The molecule has 1 aliphatic heterocycles. The van der Waals surface area contributed by atoms with Crippen LogP contribution in [0.2, 0.25) is 0 Å². The van der Waals surface area contributed by atoms with Gasteiger partial charge in [-0.05, 0) is 48.9 Å². The van der Waals surface area contributed by atoms with E-state index in [0.29, 0.717) is 18.7 Å². The van der Waals surface area contributed by atoms with Crippen molar-refractivity contribution >= 4 is 0 Å². The van der Waals surface area contributed by atoms with Crippen LogP contribution in [0, 0.1) is 11.8 Å². The number of hydrogen-bond donors (Lipinski definition) is 3. The zero-order valence-electron chi connectivity index (χ0n) is 19.4. The van der Waals surface area contributed by atoms with E-state index < -0.39 is 5.56 Å². The monoisotopic (exact) mass is 458 g/mol. The zero-order chi connectivity index (χ0) is 23.8.